The molecule has 1 aliphatic rings. The second kappa shape index (κ2) is 10.5. The lowest BCUT2D eigenvalue weighted by Gasteiger charge is -2.34. The van der Waals surface area contributed by atoms with Gasteiger partial charge in [0.05, 0.1) is 25.8 Å². The number of benzene rings is 1. The zero-order valence-corrected chi connectivity index (χ0v) is 17.4. The van der Waals surface area contributed by atoms with Crippen LogP contribution in [0.2, 0.25) is 0 Å². The molecule has 1 aromatic carbocycles. The maximum Gasteiger partial charge on any atom is 0.191 e. The monoisotopic (exact) mass is 404 g/mol. The molecule has 0 radical (unpaired) electrons. The Labute approximate surface area is 170 Å². The Balaban J connectivity index is 1.66. The average Bonchev–Trinajstić information content (AvgIpc) is 3.24. The summed E-state index contributed by atoms with van der Waals surface area (Å²) in [4.78, 5) is 8.50. The van der Waals surface area contributed by atoms with Crippen LogP contribution in [0.1, 0.15) is 29.0 Å². The number of aliphatic imine (C=N–C) groups is 1. The number of aryl methyl sites for hydroxylation is 1. The van der Waals surface area contributed by atoms with Crippen LogP contribution in [0.3, 0.4) is 0 Å². The third-order valence-electron chi connectivity index (χ3n) is 4.81. The zero-order valence-electron chi connectivity index (χ0n) is 16.6. The molecule has 7 heteroatoms. The molecular weight excluding hydrogens is 375 g/mol. The molecule has 1 saturated heterocycles. The summed E-state index contributed by atoms with van der Waals surface area (Å²) in [6, 6.07) is 9.73. The third-order valence-corrected chi connectivity index (χ3v) is 5.78. The number of halogens is 1. The van der Waals surface area contributed by atoms with Gasteiger partial charge in [0.15, 0.2) is 5.96 Å². The highest BCUT2D eigenvalue weighted by Crippen LogP contribution is 2.25. The van der Waals surface area contributed by atoms with Crippen molar-refractivity contribution in [3.63, 3.8) is 0 Å². The van der Waals surface area contributed by atoms with Crippen molar-refractivity contribution in [1.82, 2.24) is 15.5 Å². The first-order valence-corrected chi connectivity index (χ1v) is 10.7. The smallest absolute Gasteiger partial charge is 0.191 e. The molecule has 1 atom stereocenters. The third kappa shape index (κ3) is 5.77. The van der Waals surface area contributed by atoms with Crippen molar-refractivity contribution < 1.29 is 9.13 Å². The normalized spacial score (nSPS) is 16.8. The predicted molar refractivity (Wildman–Crippen MR) is 113 cm³/mol. The van der Waals surface area contributed by atoms with Crippen LogP contribution in [-0.2, 0) is 11.3 Å². The summed E-state index contributed by atoms with van der Waals surface area (Å²) in [6.07, 6.45) is 0. The molecule has 2 heterocycles. The van der Waals surface area contributed by atoms with Crippen molar-refractivity contribution in [1.29, 1.82) is 0 Å². The zero-order chi connectivity index (χ0) is 19.8. The molecule has 5 nitrogen and oxygen atoms in total. The number of guanidine groups is 1. The largest absolute Gasteiger partial charge is 0.379 e. The van der Waals surface area contributed by atoms with Crippen molar-refractivity contribution in [3.05, 3.63) is 57.5 Å². The van der Waals surface area contributed by atoms with E-state index < -0.39 is 0 Å². The fourth-order valence-electron chi connectivity index (χ4n) is 3.29. The lowest BCUT2D eigenvalue weighted by Crippen LogP contribution is -2.46. The number of rotatable bonds is 7. The van der Waals surface area contributed by atoms with Gasteiger partial charge in [-0.15, -0.1) is 11.3 Å². The van der Waals surface area contributed by atoms with E-state index in [1.807, 2.05) is 6.07 Å². The molecular formula is C21H29FN4OS. The van der Waals surface area contributed by atoms with Gasteiger partial charge in [0.2, 0.25) is 0 Å². The van der Waals surface area contributed by atoms with Crippen molar-refractivity contribution in [3.8, 4) is 0 Å². The van der Waals surface area contributed by atoms with Gasteiger partial charge in [0.1, 0.15) is 5.82 Å². The number of nitrogens with one attached hydrogen (secondary N) is 2. The molecule has 1 unspecified atom stereocenters. The first-order chi connectivity index (χ1) is 13.7. The molecule has 0 spiro atoms. The quantitative estimate of drug-likeness (QED) is 0.549. The van der Waals surface area contributed by atoms with Gasteiger partial charge in [-0.2, -0.15) is 0 Å². The summed E-state index contributed by atoms with van der Waals surface area (Å²) >= 11 is 1.78. The Bertz CT molecular complexity index is 760. The van der Waals surface area contributed by atoms with Crippen LogP contribution in [0.15, 0.2) is 40.7 Å². The maximum absolute atomic E-state index is 13.5. The highest BCUT2D eigenvalue weighted by atomic mass is 32.1. The van der Waals surface area contributed by atoms with Crippen LogP contribution in [0.25, 0.3) is 0 Å². The van der Waals surface area contributed by atoms with Crippen LogP contribution in [-0.4, -0.2) is 50.3 Å². The summed E-state index contributed by atoms with van der Waals surface area (Å²) in [5, 5.41) is 8.92. The lowest BCUT2D eigenvalue weighted by molar-refractivity contribution is 0.0177. The van der Waals surface area contributed by atoms with Gasteiger partial charge in [0, 0.05) is 31.1 Å². The molecule has 1 aromatic heterocycles. The number of hydrogen-bond donors (Lipinski definition) is 2. The second-order valence-corrected chi connectivity index (χ2v) is 7.82. The van der Waals surface area contributed by atoms with Crippen molar-refractivity contribution in [2.24, 2.45) is 4.99 Å². The van der Waals surface area contributed by atoms with Gasteiger partial charge in [0.25, 0.3) is 0 Å². The number of ether oxygens (including phenoxy) is 1. The van der Waals surface area contributed by atoms with Crippen molar-refractivity contribution in [2.75, 3.05) is 39.4 Å². The van der Waals surface area contributed by atoms with E-state index in [-0.39, 0.29) is 5.82 Å². The Hall–Kier alpha value is -1.96. The minimum atomic E-state index is -0.179. The molecule has 0 bridgehead atoms. The van der Waals surface area contributed by atoms with Crippen molar-refractivity contribution >= 4 is 17.3 Å². The predicted octanol–water partition coefficient (Wildman–Crippen LogP) is 3.32. The highest BCUT2D eigenvalue weighted by molar-refractivity contribution is 7.10. The molecule has 2 N–H and O–H groups in total. The first kappa shape index (κ1) is 20.8. The molecule has 3 rings (SSSR count). The van der Waals surface area contributed by atoms with Crippen LogP contribution in [0.4, 0.5) is 4.39 Å². The van der Waals surface area contributed by atoms with E-state index in [1.165, 1.54) is 10.9 Å². The minimum absolute atomic E-state index is 0.179. The second-order valence-electron chi connectivity index (χ2n) is 6.84. The SMILES string of the molecule is CCNC(=NCc1ccc(F)c(C)c1)NCC(c1cccs1)N1CCOCC1. The summed E-state index contributed by atoms with van der Waals surface area (Å²) in [5.74, 6) is 0.598. The van der Waals surface area contributed by atoms with Crippen molar-refractivity contribution in [2.45, 2.75) is 26.4 Å². The van der Waals surface area contributed by atoms with E-state index in [0.717, 1.165) is 50.9 Å². The minimum Gasteiger partial charge on any atom is -0.379 e. The van der Waals surface area contributed by atoms with Gasteiger partial charge >= 0.3 is 0 Å². The van der Waals surface area contributed by atoms with E-state index in [1.54, 1.807) is 24.3 Å². The summed E-state index contributed by atoms with van der Waals surface area (Å²) in [5.41, 5.74) is 1.65. The Kier molecular flexibility index (Phi) is 7.82. The molecule has 0 aliphatic carbocycles. The van der Waals surface area contributed by atoms with Crippen LogP contribution in [0, 0.1) is 12.7 Å². The molecule has 0 amide bonds. The topological polar surface area (TPSA) is 48.9 Å². The van der Waals surface area contributed by atoms with Gasteiger partial charge < -0.3 is 15.4 Å². The van der Waals surface area contributed by atoms with E-state index >= 15 is 0 Å². The number of morpholine rings is 1. The van der Waals surface area contributed by atoms with E-state index in [2.05, 4.69) is 45.0 Å². The molecule has 0 saturated carbocycles. The molecule has 2 aromatic rings. The number of thiophene rings is 1. The Morgan fingerprint density at radius 1 is 1.29 bits per heavy atom. The molecule has 1 aliphatic heterocycles. The fraction of sp³-hybridized carbons (Fsp3) is 0.476. The standard InChI is InChI=1S/C21H29FN4OS/c1-3-23-21(24-14-17-6-7-18(22)16(2)13-17)25-15-19(20-5-4-12-28-20)26-8-10-27-11-9-26/h4-7,12-13,19H,3,8-11,14-15H2,1-2H3,(H2,23,24,25). The summed E-state index contributed by atoms with van der Waals surface area (Å²) in [7, 11) is 0. The van der Waals surface area contributed by atoms with Gasteiger partial charge in [-0.05, 0) is 42.5 Å². The van der Waals surface area contributed by atoms with Crippen LogP contribution in [0.5, 0.6) is 0 Å². The Morgan fingerprint density at radius 2 is 2.11 bits per heavy atom. The highest BCUT2D eigenvalue weighted by Gasteiger charge is 2.23. The van der Waals surface area contributed by atoms with E-state index in [9.17, 15) is 4.39 Å². The van der Waals surface area contributed by atoms with E-state index in [0.29, 0.717) is 18.2 Å². The van der Waals surface area contributed by atoms with Gasteiger partial charge in [-0.3, -0.25) is 4.90 Å². The van der Waals surface area contributed by atoms with Gasteiger partial charge in [-0.1, -0.05) is 18.2 Å². The average molecular weight is 405 g/mol. The van der Waals surface area contributed by atoms with Gasteiger partial charge in [-0.25, -0.2) is 9.38 Å². The maximum atomic E-state index is 13.5. The van der Waals surface area contributed by atoms with Crippen LogP contribution >= 0.6 is 11.3 Å². The van der Waals surface area contributed by atoms with E-state index in [4.69, 9.17) is 4.74 Å². The summed E-state index contributed by atoms with van der Waals surface area (Å²) in [6.45, 7) is 9.33. The first-order valence-electron chi connectivity index (χ1n) is 9.79. The van der Waals surface area contributed by atoms with Crippen LogP contribution < -0.4 is 10.6 Å². The number of hydrogen-bond acceptors (Lipinski definition) is 4. The Morgan fingerprint density at radius 3 is 2.79 bits per heavy atom. The fourth-order valence-corrected chi connectivity index (χ4v) is 4.15. The molecule has 28 heavy (non-hydrogen) atoms. The summed E-state index contributed by atoms with van der Waals surface area (Å²) < 4.78 is 19.0. The molecule has 152 valence electrons. The molecule has 1 fully saturated rings. The number of nitrogens with zero attached hydrogens (tertiary/aromatic N) is 2. The lowest BCUT2D eigenvalue weighted by atomic mass is 10.1.